The lowest BCUT2D eigenvalue weighted by Gasteiger charge is -2.07. The zero-order valence-corrected chi connectivity index (χ0v) is 14.7. The number of nitrogens with zero attached hydrogens (tertiary/aromatic N) is 5. The first kappa shape index (κ1) is 17.1. The van der Waals surface area contributed by atoms with Crippen LogP contribution in [0.15, 0.2) is 47.8 Å². The highest BCUT2D eigenvalue weighted by Crippen LogP contribution is 2.29. The summed E-state index contributed by atoms with van der Waals surface area (Å²) >= 11 is 1.44. The molecule has 2 heterocycles. The molecule has 3 aromatic rings. The van der Waals surface area contributed by atoms with Crippen molar-refractivity contribution in [2.75, 3.05) is 0 Å². The van der Waals surface area contributed by atoms with Gasteiger partial charge in [-0.2, -0.15) is 0 Å². The summed E-state index contributed by atoms with van der Waals surface area (Å²) in [6.45, 7) is 4.62. The highest BCUT2D eigenvalue weighted by molar-refractivity contribution is 7.98. The van der Waals surface area contributed by atoms with Gasteiger partial charge in [0.05, 0.1) is 4.92 Å². The first-order valence-electron chi connectivity index (χ1n) is 7.81. The second-order valence-electron chi connectivity index (χ2n) is 5.44. The van der Waals surface area contributed by atoms with E-state index in [1.54, 1.807) is 18.3 Å². The van der Waals surface area contributed by atoms with Crippen LogP contribution in [0.1, 0.15) is 18.1 Å². The molecule has 3 rings (SSSR count). The molecule has 0 fully saturated rings. The van der Waals surface area contributed by atoms with Crippen molar-refractivity contribution in [1.82, 2.24) is 19.7 Å². The number of nitro benzene ring substituents is 1. The zero-order chi connectivity index (χ0) is 17.8. The molecule has 0 aliphatic carbocycles. The molecule has 0 aliphatic rings. The summed E-state index contributed by atoms with van der Waals surface area (Å²) in [7, 11) is 0. The fourth-order valence-electron chi connectivity index (χ4n) is 2.52. The first-order chi connectivity index (χ1) is 12.1. The van der Waals surface area contributed by atoms with Gasteiger partial charge in [0, 0.05) is 30.1 Å². The van der Waals surface area contributed by atoms with Gasteiger partial charge in [-0.1, -0.05) is 29.5 Å². The summed E-state index contributed by atoms with van der Waals surface area (Å²) in [5.74, 6) is 1.16. The normalized spacial score (nSPS) is 10.8. The molecule has 128 valence electrons. The van der Waals surface area contributed by atoms with Crippen LogP contribution in [0.2, 0.25) is 0 Å². The molecule has 0 saturated heterocycles. The third-order valence-corrected chi connectivity index (χ3v) is 4.73. The SMILES string of the molecule is CCn1c(SCc2cc(C)ccc2[N+](=O)[O-])nnc1-c1ccccn1. The van der Waals surface area contributed by atoms with Gasteiger partial charge in [0.25, 0.3) is 5.69 Å². The number of hydrogen-bond donors (Lipinski definition) is 0. The average Bonchev–Trinajstić information content (AvgIpc) is 3.03. The Bertz CT molecular complexity index is 895. The third-order valence-electron chi connectivity index (χ3n) is 3.72. The monoisotopic (exact) mass is 355 g/mol. The van der Waals surface area contributed by atoms with E-state index in [0.29, 0.717) is 23.7 Å². The number of thioether (sulfide) groups is 1. The van der Waals surface area contributed by atoms with Crippen LogP contribution in [0.3, 0.4) is 0 Å². The number of aryl methyl sites for hydroxylation is 1. The third kappa shape index (κ3) is 3.69. The first-order valence-corrected chi connectivity index (χ1v) is 8.80. The van der Waals surface area contributed by atoms with Gasteiger partial charge < -0.3 is 4.57 Å². The van der Waals surface area contributed by atoms with Crippen LogP contribution in [0, 0.1) is 17.0 Å². The fraction of sp³-hybridized carbons (Fsp3) is 0.235. The lowest BCUT2D eigenvalue weighted by atomic mass is 10.1. The van der Waals surface area contributed by atoms with Gasteiger partial charge in [-0.3, -0.25) is 15.1 Å². The van der Waals surface area contributed by atoms with Crippen LogP contribution in [0.25, 0.3) is 11.5 Å². The van der Waals surface area contributed by atoms with Crippen LogP contribution in [-0.2, 0) is 12.3 Å². The van der Waals surface area contributed by atoms with Crippen molar-refractivity contribution in [3.63, 3.8) is 0 Å². The van der Waals surface area contributed by atoms with Crippen molar-refractivity contribution in [3.8, 4) is 11.5 Å². The second-order valence-corrected chi connectivity index (χ2v) is 6.39. The van der Waals surface area contributed by atoms with Crippen molar-refractivity contribution in [1.29, 1.82) is 0 Å². The minimum atomic E-state index is -0.348. The summed E-state index contributed by atoms with van der Waals surface area (Å²) in [4.78, 5) is 15.2. The minimum Gasteiger partial charge on any atom is -0.301 e. The number of pyridine rings is 1. The maximum Gasteiger partial charge on any atom is 0.273 e. The van der Waals surface area contributed by atoms with Crippen LogP contribution >= 0.6 is 11.8 Å². The van der Waals surface area contributed by atoms with E-state index in [-0.39, 0.29) is 10.6 Å². The van der Waals surface area contributed by atoms with E-state index in [4.69, 9.17) is 0 Å². The number of nitro groups is 1. The molecular weight excluding hydrogens is 338 g/mol. The lowest BCUT2D eigenvalue weighted by molar-refractivity contribution is -0.385. The minimum absolute atomic E-state index is 0.130. The van der Waals surface area contributed by atoms with Crippen molar-refractivity contribution < 1.29 is 4.92 Å². The molecule has 0 N–H and O–H groups in total. The number of benzene rings is 1. The molecule has 8 heteroatoms. The van der Waals surface area contributed by atoms with Gasteiger partial charge in [-0.05, 0) is 32.0 Å². The smallest absolute Gasteiger partial charge is 0.273 e. The lowest BCUT2D eigenvalue weighted by Crippen LogP contribution is -2.01. The highest BCUT2D eigenvalue weighted by Gasteiger charge is 2.17. The summed E-state index contributed by atoms with van der Waals surface area (Å²) < 4.78 is 1.97. The summed E-state index contributed by atoms with van der Waals surface area (Å²) in [6.07, 6.45) is 1.72. The molecule has 0 bridgehead atoms. The van der Waals surface area contributed by atoms with Gasteiger partial charge in [-0.25, -0.2) is 0 Å². The highest BCUT2D eigenvalue weighted by atomic mass is 32.2. The van der Waals surface area contributed by atoms with E-state index in [1.165, 1.54) is 11.8 Å². The Labute approximate surface area is 149 Å². The maximum absolute atomic E-state index is 11.2. The van der Waals surface area contributed by atoms with Gasteiger partial charge in [0.1, 0.15) is 5.69 Å². The van der Waals surface area contributed by atoms with Crippen LogP contribution < -0.4 is 0 Å². The van der Waals surface area contributed by atoms with Crippen molar-refractivity contribution in [3.05, 3.63) is 63.8 Å². The molecular formula is C17H17N5O2S. The molecule has 0 saturated carbocycles. The average molecular weight is 355 g/mol. The summed E-state index contributed by atoms with van der Waals surface area (Å²) in [6, 6.07) is 10.8. The molecule has 0 atom stereocenters. The second kappa shape index (κ2) is 7.43. The van der Waals surface area contributed by atoms with E-state index in [1.807, 2.05) is 42.7 Å². The Morgan fingerprint density at radius 1 is 1.24 bits per heavy atom. The van der Waals surface area contributed by atoms with Crippen LogP contribution in [0.4, 0.5) is 5.69 Å². The van der Waals surface area contributed by atoms with E-state index in [2.05, 4.69) is 15.2 Å². The van der Waals surface area contributed by atoms with E-state index in [0.717, 1.165) is 16.4 Å². The quantitative estimate of drug-likeness (QED) is 0.379. The number of rotatable bonds is 6. The van der Waals surface area contributed by atoms with Crippen molar-refractivity contribution in [2.24, 2.45) is 0 Å². The van der Waals surface area contributed by atoms with Gasteiger partial charge in [0.2, 0.25) is 0 Å². The molecule has 0 unspecified atom stereocenters. The Balaban J connectivity index is 1.87. The van der Waals surface area contributed by atoms with E-state index >= 15 is 0 Å². The summed E-state index contributed by atoms with van der Waals surface area (Å²) in [5, 5.41) is 20.4. The molecule has 1 aromatic carbocycles. The van der Waals surface area contributed by atoms with Crippen LogP contribution in [-0.4, -0.2) is 24.7 Å². The Hall–Kier alpha value is -2.74. The standard InChI is InChI=1S/C17H17N5O2S/c1-3-21-16(14-6-4-5-9-18-14)19-20-17(21)25-11-13-10-12(2)7-8-15(13)22(23)24/h4-10H,3,11H2,1-2H3. The topological polar surface area (TPSA) is 86.7 Å². The van der Waals surface area contributed by atoms with Crippen molar-refractivity contribution >= 4 is 17.4 Å². The van der Waals surface area contributed by atoms with E-state index < -0.39 is 0 Å². The number of aromatic nitrogens is 4. The fourth-order valence-corrected chi connectivity index (χ4v) is 3.50. The van der Waals surface area contributed by atoms with E-state index in [9.17, 15) is 10.1 Å². The molecule has 0 amide bonds. The zero-order valence-electron chi connectivity index (χ0n) is 13.9. The molecule has 2 aromatic heterocycles. The molecule has 0 aliphatic heterocycles. The molecule has 0 spiro atoms. The maximum atomic E-state index is 11.2. The Morgan fingerprint density at radius 3 is 2.76 bits per heavy atom. The van der Waals surface area contributed by atoms with Crippen molar-refractivity contribution in [2.45, 2.75) is 31.3 Å². The number of hydrogen-bond acceptors (Lipinski definition) is 6. The van der Waals surface area contributed by atoms with Crippen LogP contribution in [0.5, 0.6) is 0 Å². The predicted molar refractivity (Wildman–Crippen MR) is 96.3 cm³/mol. The molecule has 25 heavy (non-hydrogen) atoms. The van der Waals surface area contributed by atoms with Gasteiger partial charge in [0.15, 0.2) is 11.0 Å². The summed E-state index contributed by atoms with van der Waals surface area (Å²) in [5.41, 5.74) is 2.56. The van der Waals surface area contributed by atoms with Gasteiger partial charge in [-0.15, -0.1) is 10.2 Å². The molecule has 0 radical (unpaired) electrons. The van der Waals surface area contributed by atoms with Gasteiger partial charge >= 0.3 is 0 Å². The largest absolute Gasteiger partial charge is 0.301 e. The Kier molecular flexibility index (Phi) is 5.08. The Morgan fingerprint density at radius 2 is 2.08 bits per heavy atom. The predicted octanol–water partition coefficient (Wildman–Crippen LogP) is 3.87. The molecule has 7 nitrogen and oxygen atoms in total.